The van der Waals surface area contributed by atoms with Gasteiger partial charge in [0.25, 0.3) is 5.91 Å². The summed E-state index contributed by atoms with van der Waals surface area (Å²) >= 11 is 0. The second-order valence-electron chi connectivity index (χ2n) is 6.94. The van der Waals surface area contributed by atoms with Gasteiger partial charge in [-0.05, 0) is 51.0 Å². The SMILES string of the molecule is CC(C)c1nc2c(C(=O)NCC3CCN(C)CC3)cccc2[nH]1. The normalized spacial score (nSPS) is 17.0. The van der Waals surface area contributed by atoms with Crippen LogP contribution in [0.2, 0.25) is 0 Å². The number of nitrogens with zero attached hydrogens (tertiary/aromatic N) is 2. The summed E-state index contributed by atoms with van der Waals surface area (Å²) in [6, 6.07) is 5.74. The number of carbonyl (C=O) groups excluding carboxylic acids is 1. The first-order chi connectivity index (χ1) is 11.0. The number of piperidine rings is 1. The molecule has 5 nitrogen and oxygen atoms in total. The van der Waals surface area contributed by atoms with Crippen molar-refractivity contribution in [3.8, 4) is 0 Å². The predicted molar refractivity (Wildman–Crippen MR) is 92.7 cm³/mol. The third-order valence-corrected chi connectivity index (χ3v) is 4.71. The van der Waals surface area contributed by atoms with Crippen molar-refractivity contribution in [3.05, 3.63) is 29.6 Å². The summed E-state index contributed by atoms with van der Waals surface area (Å²) in [5.74, 6) is 1.81. The summed E-state index contributed by atoms with van der Waals surface area (Å²) < 4.78 is 0. The summed E-state index contributed by atoms with van der Waals surface area (Å²) in [5, 5.41) is 3.10. The van der Waals surface area contributed by atoms with Gasteiger partial charge in [0.1, 0.15) is 11.3 Å². The summed E-state index contributed by atoms with van der Waals surface area (Å²) in [5.41, 5.74) is 2.37. The van der Waals surface area contributed by atoms with E-state index in [1.54, 1.807) is 0 Å². The Morgan fingerprint density at radius 3 is 2.83 bits per heavy atom. The summed E-state index contributed by atoms with van der Waals surface area (Å²) in [6.45, 7) is 7.18. The Morgan fingerprint density at radius 2 is 2.13 bits per heavy atom. The number of carbonyl (C=O) groups is 1. The van der Waals surface area contributed by atoms with Crippen LogP contribution in [-0.4, -0.2) is 47.5 Å². The zero-order valence-corrected chi connectivity index (χ0v) is 14.2. The van der Waals surface area contributed by atoms with Crippen LogP contribution in [0.4, 0.5) is 0 Å². The summed E-state index contributed by atoms with van der Waals surface area (Å²) in [6.07, 6.45) is 2.31. The first-order valence-electron chi connectivity index (χ1n) is 8.50. The highest BCUT2D eigenvalue weighted by Gasteiger charge is 2.19. The third-order valence-electron chi connectivity index (χ3n) is 4.71. The number of H-pyrrole nitrogens is 1. The van der Waals surface area contributed by atoms with Gasteiger partial charge in [0, 0.05) is 12.5 Å². The zero-order chi connectivity index (χ0) is 16.4. The molecule has 2 N–H and O–H groups in total. The maximum atomic E-state index is 12.6. The van der Waals surface area contributed by atoms with Gasteiger partial charge >= 0.3 is 0 Å². The van der Waals surface area contributed by atoms with Gasteiger partial charge in [0.15, 0.2) is 0 Å². The number of hydrogen-bond acceptors (Lipinski definition) is 3. The Labute approximate surface area is 137 Å². The van der Waals surface area contributed by atoms with Gasteiger partial charge < -0.3 is 15.2 Å². The second kappa shape index (κ2) is 6.71. The smallest absolute Gasteiger partial charge is 0.253 e. The molecule has 1 aliphatic rings. The van der Waals surface area contributed by atoms with Crippen LogP contribution in [-0.2, 0) is 0 Å². The molecule has 1 amide bonds. The van der Waals surface area contributed by atoms with Crippen LogP contribution in [0.15, 0.2) is 18.2 Å². The van der Waals surface area contributed by atoms with Crippen molar-refractivity contribution in [2.24, 2.45) is 5.92 Å². The van der Waals surface area contributed by atoms with E-state index in [9.17, 15) is 4.79 Å². The van der Waals surface area contributed by atoms with Gasteiger partial charge in [-0.15, -0.1) is 0 Å². The molecule has 0 spiro atoms. The molecular weight excluding hydrogens is 288 g/mol. The molecule has 2 heterocycles. The van der Waals surface area contributed by atoms with Crippen molar-refractivity contribution < 1.29 is 4.79 Å². The van der Waals surface area contributed by atoms with Crippen molar-refractivity contribution in [2.75, 3.05) is 26.7 Å². The number of aromatic nitrogens is 2. The lowest BCUT2D eigenvalue weighted by Crippen LogP contribution is -2.36. The van der Waals surface area contributed by atoms with Crippen LogP contribution >= 0.6 is 0 Å². The standard InChI is InChI=1S/C18H26N4O/c1-12(2)17-20-15-6-4-5-14(16(15)21-17)18(23)19-11-13-7-9-22(3)10-8-13/h4-6,12-13H,7-11H2,1-3H3,(H,19,23)(H,20,21). The van der Waals surface area contributed by atoms with E-state index in [1.807, 2.05) is 18.2 Å². The molecule has 5 heteroatoms. The Bertz CT molecular complexity index is 683. The van der Waals surface area contributed by atoms with Gasteiger partial charge in [0.05, 0.1) is 11.1 Å². The molecule has 1 fully saturated rings. The number of amides is 1. The Morgan fingerprint density at radius 1 is 1.39 bits per heavy atom. The number of fused-ring (bicyclic) bond motifs is 1. The van der Waals surface area contributed by atoms with Crippen molar-refractivity contribution in [1.82, 2.24) is 20.2 Å². The number of benzene rings is 1. The van der Waals surface area contributed by atoms with Crippen LogP contribution in [0, 0.1) is 5.92 Å². The topological polar surface area (TPSA) is 61.0 Å². The van der Waals surface area contributed by atoms with Crippen LogP contribution in [0.1, 0.15) is 48.8 Å². The fraction of sp³-hybridized carbons (Fsp3) is 0.556. The van der Waals surface area contributed by atoms with E-state index in [1.165, 1.54) is 0 Å². The maximum absolute atomic E-state index is 12.6. The van der Waals surface area contributed by atoms with Crippen LogP contribution < -0.4 is 5.32 Å². The predicted octanol–water partition coefficient (Wildman–Crippen LogP) is 2.76. The first-order valence-corrected chi connectivity index (χ1v) is 8.50. The lowest BCUT2D eigenvalue weighted by Gasteiger charge is -2.28. The quantitative estimate of drug-likeness (QED) is 0.912. The molecule has 0 radical (unpaired) electrons. The molecule has 0 aliphatic carbocycles. The van der Waals surface area contributed by atoms with Crippen molar-refractivity contribution in [2.45, 2.75) is 32.6 Å². The molecule has 23 heavy (non-hydrogen) atoms. The highest BCUT2D eigenvalue weighted by Crippen LogP contribution is 2.21. The Kier molecular flexibility index (Phi) is 4.66. The minimum Gasteiger partial charge on any atom is -0.352 e. The van der Waals surface area contributed by atoms with Gasteiger partial charge in [-0.1, -0.05) is 19.9 Å². The van der Waals surface area contributed by atoms with Gasteiger partial charge in [-0.2, -0.15) is 0 Å². The van der Waals surface area contributed by atoms with E-state index in [2.05, 4.69) is 41.1 Å². The Balaban J connectivity index is 1.70. The lowest BCUT2D eigenvalue weighted by atomic mass is 9.97. The van der Waals surface area contributed by atoms with E-state index in [4.69, 9.17) is 0 Å². The molecule has 1 aromatic carbocycles. The van der Waals surface area contributed by atoms with Gasteiger partial charge in [-0.25, -0.2) is 4.98 Å². The number of aromatic amines is 1. The monoisotopic (exact) mass is 314 g/mol. The molecule has 0 atom stereocenters. The molecule has 0 unspecified atom stereocenters. The van der Waals surface area contributed by atoms with Gasteiger partial charge in [-0.3, -0.25) is 4.79 Å². The van der Waals surface area contributed by atoms with Crippen LogP contribution in [0.25, 0.3) is 11.0 Å². The molecule has 0 saturated carbocycles. The van der Waals surface area contributed by atoms with Crippen LogP contribution in [0.3, 0.4) is 0 Å². The average molecular weight is 314 g/mol. The number of rotatable bonds is 4. The van der Waals surface area contributed by atoms with E-state index in [-0.39, 0.29) is 5.91 Å². The minimum absolute atomic E-state index is 0.0173. The molecular formula is C18H26N4O. The van der Waals surface area contributed by atoms with Crippen LogP contribution in [0.5, 0.6) is 0 Å². The highest BCUT2D eigenvalue weighted by molar-refractivity contribution is 6.04. The molecule has 1 saturated heterocycles. The van der Waals surface area contributed by atoms with Crippen molar-refractivity contribution in [1.29, 1.82) is 0 Å². The fourth-order valence-corrected chi connectivity index (χ4v) is 3.11. The number of hydrogen-bond donors (Lipinski definition) is 2. The average Bonchev–Trinajstić information content (AvgIpc) is 2.98. The largest absolute Gasteiger partial charge is 0.352 e. The Hall–Kier alpha value is -1.88. The fourth-order valence-electron chi connectivity index (χ4n) is 3.11. The molecule has 124 valence electrons. The summed E-state index contributed by atoms with van der Waals surface area (Å²) in [4.78, 5) is 22.8. The van der Waals surface area contributed by atoms with E-state index < -0.39 is 0 Å². The van der Waals surface area contributed by atoms with Crippen molar-refractivity contribution >= 4 is 16.9 Å². The van der Waals surface area contributed by atoms with E-state index in [0.717, 1.165) is 49.3 Å². The zero-order valence-electron chi connectivity index (χ0n) is 14.2. The molecule has 1 aliphatic heterocycles. The van der Waals surface area contributed by atoms with E-state index in [0.29, 0.717) is 17.4 Å². The summed E-state index contributed by atoms with van der Waals surface area (Å²) in [7, 11) is 2.15. The van der Waals surface area contributed by atoms with Crippen molar-refractivity contribution in [3.63, 3.8) is 0 Å². The first kappa shape index (κ1) is 16.0. The molecule has 0 bridgehead atoms. The number of para-hydroxylation sites is 1. The third kappa shape index (κ3) is 3.55. The molecule has 1 aromatic heterocycles. The number of nitrogens with one attached hydrogen (secondary N) is 2. The number of imidazole rings is 1. The molecule has 2 aromatic rings. The molecule has 3 rings (SSSR count). The van der Waals surface area contributed by atoms with Gasteiger partial charge in [0.2, 0.25) is 0 Å². The maximum Gasteiger partial charge on any atom is 0.253 e. The minimum atomic E-state index is -0.0173. The second-order valence-corrected chi connectivity index (χ2v) is 6.94. The van der Waals surface area contributed by atoms with E-state index >= 15 is 0 Å². The highest BCUT2D eigenvalue weighted by atomic mass is 16.1. The number of likely N-dealkylation sites (tertiary alicyclic amines) is 1. The lowest BCUT2D eigenvalue weighted by molar-refractivity contribution is 0.0940.